The van der Waals surface area contributed by atoms with Gasteiger partial charge in [0.25, 0.3) is 5.91 Å². The number of aryl methyl sites for hydroxylation is 1. The molecule has 0 unspecified atom stereocenters. The van der Waals surface area contributed by atoms with E-state index in [-0.39, 0.29) is 5.91 Å². The van der Waals surface area contributed by atoms with Gasteiger partial charge in [0.2, 0.25) is 0 Å². The van der Waals surface area contributed by atoms with Crippen LogP contribution in [-0.2, 0) is 12.1 Å². The van der Waals surface area contributed by atoms with Crippen molar-refractivity contribution in [2.75, 3.05) is 13.1 Å². The van der Waals surface area contributed by atoms with Crippen LogP contribution in [0.2, 0.25) is 0 Å². The Hall–Kier alpha value is -2.95. The second-order valence-electron chi connectivity index (χ2n) is 6.93. The minimum atomic E-state index is -1.05. The largest absolute Gasteiger partial charge is 0.478 e. The van der Waals surface area contributed by atoms with Gasteiger partial charge >= 0.3 is 0 Å². The van der Waals surface area contributed by atoms with E-state index in [2.05, 4.69) is 16.7 Å². The highest BCUT2D eigenvalue weighted by molar-refractivity contribution is 5.97. The molecule has 1 aromatic carbocycles. The summed E-state index contributed by atoms with van der Waals surface area (Å²) in [5, 5.41) is 26.0. The highest BCUT2D eigenvalue weighted by Gasteiger charge is 2.47. The zero-order chi connectivity index (χ0) is 19.0. The van der Waals surface area contributed by atoms with Crippen LogP contribution in [0.3, 0.4) is 0 Å². The molecule has 0 spiro atoms. The summed E-state index contributed by atoms with van der Waals surface area (Å²) in [6, 6.07) is 10.8. The summed E-state index contributed by atoms with van der Waals surface area (Å²) in [7, 11) is 0. The SMILES string of the molecule is Cc1cc2c(nc1[C@@]1(Oc3cccc(C#N)c3)CCNC[C@@H]1O)CNC2=O. The molecule has 0 aliphatic carbocycles. The van der Waals surface area contributed by atoms with E-state index in [1.54, 1.807) is 24.3 Å². The van der Waals surface area contributed by atoms with Crippen molar-refractivity contribution in [1.82, 2.24) is 15.6 Å². The van der Waals surface area contributed by atoms with Gasteiger partial charge in [-0.25, -0.2) is 0 Å². The van der Waals surface area contributed by atoms with Crippen LogP contribution in [0.4, 0.5) is 0 Å². The number of rotatable bonds is 3. The van der Waals surface area contributed by atoms with E-state index < -0.39 is 11.7 Å². The first-order valence-corrected chi connectivity index (χ1v) is 8.90. The number of carbonyl (C=O) groups is 1. The van der Waals surface area contributed by atoms with Crippen LogP contribution in [0.15, 0.2) is 30.3 Å². The second kappa shape index (κ2) is 6.65. The number of hydrogen-bond donors (Lipinski definition) is 3. The number of carbonyl (C=O) groups excluding carboxylic acids is 1. The number of benzene rings is 1. The molecule has 7 heteroatoms. The van der Waals surface area contributed by atoms with Gasteiger partial charge in [0.15, 0.2) is 5.60 Å². The Morgan fingerprint density at radius 2 is 2.26 bits per heavy atom. The fraction of sp³-hybridized carbons (Fsp3) is 0.350. The number of amides is 1. The molecule has 7 nitrogen and oxygen atoms in total. The van der Waals surface area contributed by atoms with Crippen molar-refractivity contribution in [3.63, 3.8) is 0 Å². The summed E-state index contributed by atoms with van der Waals surface area (Å²) in [6.45, 7) is 3.27. The summed E-state index contributed by atoms with van der Waals surface area (Å²) >= 11 is 0. The maximum atomic E-state index is 11.9. The average Bonchev–Trinajstić information content (AvgIpc) is 3.03. The number of pyridine rings is 1. The summed E-state index contributed by atoms with van der Waals surface area (Å²) in [4.78, 5) is 16.7. The van der Waals surface area contributed by atoms with Crippen molar-refractivity contribution in [1.29, 1.82) is 5.26 Å². The first-order chi connectivity index (χ1) is 13.0. The predicted octanol–water partition coefficient (Wildman–Crippen LogP) is 1.13. The van der Waals surface area contributed by atoms with Gasteiger partial charge in [0, 0.05) is 13.0 Å². The molecule has 3 heterocycles. The summed E-state index contributed by atoms with van der Waals surface area (Å²) in [5.74, 6) is 0.376. The van der Waals surface area contributed by atoms with Gasteiger partial charge < -0.3 is 20.5 Å². The van der Waals surface area contributed by atoms with Crippen molar-refractivity contribution in [2.45, 2.75) is 31.6 Å². The normalized spacial score (nSPS) is 24.0. The Bertz CT molecular complexity index is 953. The van der Waals surface area contributed by atoms with Crippen LogP contribution in [0.25, 0.3) is 0 Å². The van der Waals surface area contributed by atoms with Crippen LogP contribution < -0.4 is 15.4 Å². The Morgan fingerprint density at radius 3 is 3.04 bits per heavy atom. The number of hydrogen-bond acceptors (Lipinski definition) is 6. The van der Waals surface area contributed by atoms with E-state index in [0.717, 1.165) is 5.56 Å². The molecule has 27 heavy (non-hydrogen) atoms. The standard InChI is InChI=1S/C20H20N4O3/c1-12-7-15-16(10-23-19(15)26)24-18(12)20(5-6-22-11-17(20)25)27-14-4-2-3-13(8-14)9-21/h2-4,7-8,17,22,25H,5-6,10-11H2,1H3,(H,23,26)/t17-,20+/m0/s1. The summed E-state index contributed by atoms with van der Waals surface area (Å²) in [5.41, 5.74) is 2.10. The molecule has 0 bridgehead atoms. The van der Waals surface area contributed by atoms with E-state index in [0.29, 0.717) is 54.3 Å². The minimum Gasteiger partial charge on any atom is -0.478 e. The molecule has 1 saturated heterocycles. The van der Waals surface area contributed by atoms with Crippen molar-refractivity contribution >= 4 is 5.91 Å². The number of nitrogens with one attached hydrogen (secondary N) is 2. The van der Waals surface area contributed by atoms with E-state index in [9.17, 15) is 9.90 Å². The lowest BCUT2D eigenvalue weighted by Gasteiger charge is -2.42. The molecular weight excluding hydrogens is 344 g/mol. The second-order valence-corrected chi connectivity index (χ2v) is 6.93. The third-order valence-corrected chi connectivity index (χ3v) is 5.17. The lowest BCUT2D eigenvalue weighted by atomic mass is 9.83. The Balaban J connectivity index is 1.82. The van der Waals surface area contributed by atoms with Crippen LogP contribution in [0, 0.1) is 18.3 Å². The molecule has 1 aromatic heterocycles. The van der Waals surface area contributed by atoms with Crippen LogP contribution in [-0.4, -0.2) is 35.2 Å². The van der Waals surface area contributed by atoms with E-state index in [1.807, 2.05) is 13.0 Å². The van der Waals surface area contributed by atoms with Gasteiger partial charge in [-0.15, -0.1) is 0 Å². The van der Waals surface area contributed by atoms with E-state index in [1.165, 1.54) is 0 Å². The average molecular weight is 364 g/mol. The number of nitrogens with zero attached hydrogens (tertiary/aromatic N) is 2. The molecule has 1 amide bonds. The monoisotopic (exact) mass is 364 g/mol. The van der Waals surface area contributed by atoms with Crippen LogP contribution in [0.1, 0.15) is 39.3 Å². The number of fused-ring (bicyclic) bond motifs is 1. The number of piperidine rings is 1. The smallest absolute Gasteiger partial charge is 0.253 e. The van der Waals surface area contributed by atoms with E-state index >= 15 is 0 Å². The minimum absolute atomic E-state index is 0.130. The molecule has 1 fully saturated rings. The molecule has 2 aromatic rings. The summed E-state index contributed by atoms with van der Waals surface area (Å²) in [6.07, 6.45) is -0.315. The topological polar surface area (TPSA) is 107 Å². The van der Waals surface area contributed by atoms with Gasteiger partial charge in [-0.05, 0) is 43.3 Å². The van der Waals surface area contributed by atoms with Crippen molar-refractivity contribution < 1.29 is 14.6 Å². The van der Waals surface area contributed by atoms with Gasteiger partial charge in [-0.1, -0.05) is 6.07 Å². The molecule has 2 aliphatic rings. The van der Waals surface area contributed by atoms with Crippen molar-refractivity contribution in [3.8, 4) is 11.8 Å². The number of aliphatic hydroxyl groups is 1. The Labute approximate surface area is 157 Å². The van der Waals surface area contributed by atoms with E-state index in [4.69, 9.17) is 15.0 Å². The highest BCUT2D eigenvalue weighted by Crippen LogP contribution is 2.38. The van der Waals surface area contributed by atoms with Gasteiger partial charge in [0.1, 0.15) is 11.9 Å². The van der Waals surface area contributed by atoms with Gasteiger partial charge in [-0.2, -0.15) is 5.26 Å². The molecule has 0 saturated carbocycles. The lowest BCUT2D eigenvalue weighted by molar-refractivity contribution is -0.0812. The number of β-amino-alcohol motifs (C(OH)–C–C–N with tert-alkyl or cyclic N) is 1. The van der Waals surface area contributed by atoms with Gasteiger partial charge in [-0.3, -0.25) is 9.78 Å². The fourth-order valence-corrected chi connectivity index (χ4v) is 3.80. The highest BCUT2D eigenvalue weighted by atomic mass is 16.5. The molecular formula is C20H20N4O3. The number of ether oxygens (including phenoxy) is 1. The Kier molecular flexibility index (Phi) is 4.30. The maximum absolute atomic E-state index is 11.9. The summed E-state index contributed by atoms with van der Waals surface area (Å²) < 4.78 is 6.34. The molecule has 2 aliphatic heterocycles. The number of aromatic nitrogens is 1. The zero-order valence-corrected chi connectivity index (χ0v) is 15.0. The lowest BCUT2D eigenvalue weighted by Crippen LogP contribution is -2.56. The maximum Gasteiger partial charge on any atom is 0.253 e. The van der Waals surface area contributed by atoms with Crippen molar-refractivity contribution in [2.24, 2.45) is 0 Å². The Morgan fingerprint density at radius 1 is 1.41 bits per heavy atom. The first-order valence-electron chi connectivity index (χ1n) is 8.90. The molecule has 4 rings (SSSR count). The zero-order valence-electron chi connectivity index (χ0n) is 15.0. The van der Waals surface area contributed by atoms with Crippen molar-refractivity contribution in [3.05, 3.63) is 58.4 Å². The first kappa shape index (κ1) is 17.5. The third-order valence-electron chi connectivity index (χ3n) is 5.17. The van der Waals surface area contributed by atoms with Crippen LogP contribution >= 0.6 is 0 Å². The predicted molar refractivity (Wildman–Crippen MR) is 97.1 cm³/mol. The molecule has 2 atom stereocenters. The third kappa shape index (κ3) is 2.93. The molecule has 138 valence electrons. The molecule has 3 N–H and O–H groups in total. The number of nitriles is 1. The van der Waals surface area contributed by atoms with Crippen LogP contribution in [0.5, 0.6) is 5.75 Å². The van der Waals surface area contributed by atoms with Gasteiger partial charge in [0.05, 0.1) is 35.1 Å². The fourth-order valence-electron chi connectivity index (χ4n) is 3.80. The molecule has 0 radical (unpaired) electrons. The quantitative estimate of drug-likeness (QED) is 0.754. The number of aliphatic hydroxyl groups excluding tert-OH is 1.